The molecule has 0 bridgehead atoms. The van der Waals surface area contributed by atoms with Crippen molar-refractivity contribution in [3.63, 3.8) is 0 Å². The molecule has 8 nitrogen and oxygen atoms in total. The van der Waals surface area contributed by atoms with Crippen LogP contribution >= 0.6 is 0 Å². The Labute approximate surface area is 202 Å². The molecule has 0 aromatic heterocycles. The molecular formula is C26H41NO7. The molecule has 1 amide bonds. The highest BCUT2D eigenvalue weighted by molar-refractivity contribution is 5.90. The van der Waals surface area contributed by atoms with Crippen molar-refractivity contribution in [2.24, 2.45) is 23.7 Å². The highest BCUT2D eigenvalue weighted by atomic mass is 16.4. The fourth-order valence-corrected chi connectivity index (χ4v) is 5.28. The molecule has 192 valence electrons. The van der Waals surface area contributed by atoms with Crippen molar-refractivity contribution in [1.82, 2.24) is 5.32 Å². The average molecular weight is 480 g/mol. The van der Waals surface area contributed by atoms with E-state index in [2.05, 4.69) is 12.2 Å². The fourth-order valence-electron chi connectivity index (χ4n) is 5.28. The zero-order chi connectivity index (χ0) is 25.1. The third-order valence-electron chi connectivity index (χ3n) is 7.29. The van der Waals surface area contributed by atoms with E-state index in [1.54, 1.807) is 12.2 Å². The average Bonchev–Trinajstić information content (AvgIpc) is 3.36. The Morgan fingerprint density at radius 1 is 1.15 bits per heavy atom. The summed E-state index contributed by atoms with van der Waals surface area (Å²) < 4.78 is 0. The van der Waals surface area contributed by atoms with E-state index < -0.39 is 36.6 Å². The van der Waals surface area contributed by atoms with Crippen LogP contribution in [-0.2, 0) is 19.2 Å². The van der Waals surface area contributed by atoms with Gasteiger partial charge in [0, 0.05) is 37.5 Å². The second-order valence-electron chi connectivity index (χ2n) is 10.00. The maximum atomic E-state index is 12.4. The zero-order valence-corrected chi connectivity index (χ0v) is 20.3. The molecule has 0 spiro atoms. The van der Waals surface area contributed by atoms with Gasteiger partial charge in [-0.2, -0.15) is 0 Å². The lowest BCUT2D eigenvalue weighted by atomic mass is 9.87. The largest absolute Gasteiger partial charge is 0.480 e. The second kappa shape index (κ2) is 14.4. The Balaban J connectivity index is 1.78. The Morgan fingerprint density at radius 3 is 2.59 bits per heavy atom. The lowest BCUT2D eigenvalue weighted by Crippen LogP contribution is -2.28. The van der Waals surface area contributed by atoms with E-state index in [0.717, 1.165) is 19.3 Å². The summed E-state index contributed by atoms with van der Waals surface area (Å²) in [5.74, 6) is -1.86. The van der Waals surface area contributed by atoms with Crippen LogP contribution < -0.4 is 5.32 Å². The highest BCUT2D eigenvalue weighted by Crippen LogP contribution is 2.38. The molecule has 0 saturated heterocycles. The third-order valence-corrected chi connectivity index (χ3v) is 7.29. The molecule has 8 heteroatoms. The molecule has 0 heterocycles. The monoisotopic (exact) mass is 479 g/mol. The van der Waals surface area contributed by atoms with Gasteiger partial charge in [-0.15, -0.1) is 0 Å². The normalized spacial score (nSPS) is 27.9. The first kappa shape index (κ1) is 28.2. The van der Waals surface area contributed by atoms with Crippen LogP contribution in [0.5, 0.6) is 0 Å². The summed E-state index contributed by atoms with van der Waals surface area (Å²) in [5.41, 5.74) is 0. The number of Topliss-reactive ketones (excluding diaryl/α,β-unsaturated/α-hetero) is 2. The maximum absolute atomic E-state index is 12.4. The standard InChI is InChI=1S/C26H41NO7/c1-2-3-6-17-9-10-18(13-17)22(29)12-11-20-21(24(31)15-23(20)30)14-19(28)7-4-5-8-25(32)27-16-26(33)34/h11-12,17-18,20-23,29-30H,2-10,13-16H2,1H3,(H,27,32)(H,33,34)/t17-,18-,20+,21+,22-,23+/m0/s1. The second-order valence-corrected chi connectivity index (χ2v) is 10.00. The fraction of sp³-hybridized carbons (Fsp3) is 0.769. The Bertz CT molecular complexity index is 735. The third kappa shape index (κ3) is 9.29. The van der Waals surface area contributed by atoms with E-state index in [9.17, 15) is 29.4 Å². The maximum Gasteiger partial charge on any atom is 0.322 e. The number of aliphatic hydroxyl groups is 2. The molecule has 4 N–H and O–H groups in total. The molecule has 0 aromatic carbocycles. The van der Waals surface area contributed by atoms with Gasteiger partial charge in [0.1, 0.15) is 18.1 Å². The van der Waals surface area contributed by atoms with Gasteiger partial charge in [0.05, 0.1) is 12.2 Å². The number of carbonyl (C=O) groups is 4. The molecular weight excluding hydrogens is 438 g/mol. The Kier molecular flexibility index (Phi) is 11.9. The van der Waals surface area contributed by atoms with Crippen LogP contribution in [0.1, 0.15) is 84.0 Å². The molecule has 0 aromatic rings. The van der Waals surface area contributed by atoms with Crippen LogP contribution in [0, 0.1) is 23.7 Å². The van der Waals surface area contributed by atoms with E-state index in [4.69, 9.17) is 5.11 Å². The van der Waals surface area contributed by atoms with Crippen molar-refractivity contribution < 1.29 is 34.5 Å². The number of carboxylic acids is 1. The number of carbonyl (C=O) groups excluding carboxylic acids is 3. The number of unbranched alkanes of at least 4 members (excludes halogenated alkanes) is 2. The summed E-state index contributed by atoms with van der Waals surface area (Å²) >= 11 is 0. The van der Waals surface area contributed by atoms with Crippen LogP contribution in [-0.4, -0.2) is 57.5 Å². The van der Waals surface area contributed by atoms with Gasteiger partial charge in [0.2, 0.25) is 5.91 Å². The van der Waals surface area contributed by atoms with Crippen molar-refractivity contribution in [3.8, 4) is 0 Å². The van der Waals surface area contributed by atoms with Crippen LogP contribution in [0.4, 0.5) is 0 Å². The molecule has 34 heavy (non-hydrogen) atoms. The number of hydrogen-bond acceptors (Lipinski definition) is 6. The number of rotatable bonds is 15. The number of nitrogens with one attached hydrogen (secondary N) is 1. The van der Waals surface area contributed by atoms with Gasteiger partial charge in [0.25, 0.3) is 0 Å². The highest BCUT2D eigenvalue weighted by Gasteiger charge is 2.41. The molecule has 6 atom stereocenters. The van der Waals surface area contributed by atoms with Crippen LogP contribution in [0.3, 0.4) is 0 Å². The molecule has 2 aliphatic rings. The van der Waals surface area contributed by atoms with E-state index in [1.807, 2.05) is 0 Å². The van der Waals surface area contributed by atoms with Crippen LogP contribution in [0.25, 0.3) is 0 Å². The first-order valence-electron chi connectivity index (χ1n) is 12.8. The minimum absolute atomic E-state index is 0.0231. The zero-order valence-electron chi connectivity index (χ0n) is 20.3. The lowest BCUT2D eigenvalue weighted by Gasteiger charge is -2.19. The van der Waals surface area contributed by atoms with E-state index in [0.29, 0.717) is 18.8 Å². The topological polar surface area (TPSA) is 141 Å². The van der Waals surface area contributed by atoms with Crippen LogP contribution in [0.2, 0.25) is 0 Å². The number of aliphatic hydroxyl groups excluding tert-OH is 2. The van der Waals surface area contributed by atoms with Gasteiger partial charge in [-0.1, -0.05) is 44.8 Å². The number of hydrogen-bond donors (Lipinski definition) is 4. The Hall–Kier alpha value is -2.06. The molecule has 0 unspecified atom stereocenters. The molecule has 2 saturated carbocycles. The summed E-state index contributed by atoms with van der Waals surface area (Å²) in [6.07, 6.45) is 10.1. The summed E-state index contributed by atoms with van der Waals surface area (Å²) in [6.45, 7) is 1.76. The van der Waals surface area contributed by atoms with Gasteiger partial charge >= 0.3 is 5.97 Å². The summed E-state index contributed by atoms with van der Waals surface area (Å²) in [5, 5.41) is 31.8. The predicted molar refractivity (Wildman–Crippen MR) is 127 cm³/mol. The van der Waals surface area contributed by atoms with E-state index in [-0.39, 0.29) is 49.1 Å². The van der Waals surface area contributed by atoms with Gasteiger partial charge in [-0.05, 0) is 37.5 Å². The first-order chi connectivity index (χ1) is 16.2. The molecule has 0 radical (unpaired) electrons. The van der Waals surface area contributed by atoms with Crippen molar-refractivity contribution in [1.29, 1.82) is 0 Å². The predicted octanol–water partition coefficient (Wildman–Crippen LogP) is 2.80. The van der Waals surface area contributed by atoms with Gasteiger partial charge in [-0.3, -0.25) is 19.2 Å². The Morgan fingerprint density at radius 2 is 1.88 bits per heavy atom. The van der Waals surface area contributed by atoms with Crippen molar-refractivity contribution in [2.45, 2.75) is 96.2 Å². The number of aliphatic carboxylic acids is 1. The van der Waals surface area contributed by atoms with Gasteiger partial charge in [-0.25, -0.2) is 0 Å². The summed E-state index contributed by atoms with van der Waals surface area (Å²) in [6, 6.07) is 0. The quantitative estimate of drug-likeness (QED) is 0.209. The van der Waals surface area contributed by atoms with Gasteiger partial charge < -0.3 is 20.6 Å². The summed E-state index contributed by atoms with van der Waals surface area (Å²) in [4.78, 5) is 46.8. The molecule has 2 aliphatic carbocycles. The van der Waals surface area contributed by atoms with Crippen molar-refractivity contribution >= 4 is 23.4 Å². The van der Waals surface area contributed by atoms with Crippen molar-refractivity contribution in [3.05, 3.63) is 12.2 Å². The molecule has 2 fully saturated rings. The SMILES string of the molecule is CCCC[C@H]1CC[C@H]([C@@H](O)C=C[C@H]2[C@H](O)CC(=O)[C@@H]2CC(=O)CCCCC(=O)NCC(=O)O)C1. The number of ketones is 2. The minimum Gasteiger partial charge on any atom is -0.480 e. The smallest absolute Gasteiger partial charge is 0.322 e. The lowest BCUT2D eigenvalue weighted by molar-refractivity contribution is -0.138. The summed E-state index contributed by atoms with van der Waals surface area (Å²) in [7, 11) is 0. The van der Waals surface area contributed by atoms with Crippen LogP contribution in [0.15, 0.2) is 12.2 Å². The first-order valence-corrected chi connectivity index (χ1v) is 12.8. The molecule has 2 rings (SSSR count). The van der Waals surface area contributed by atoms with Crippen molar-refractivity contribution in [2.75, 3.05) is 6.54 Å². The number of amides is 1. The van der Waals surface area contributed by atoms with E-state index >= 15 is 0 Å². The van der Waals surface area contributed by atoms with E-state index in [1.165, 1.54) is 19.3 Å². The minimum atomic E-state index is -1.11. The number of carboxylic acid groups (broad SMARTS) is 1. The van der Waals surface area contributed by atoms with Gasteiger partial charge in [0.15, 0.2) is 0 Å². The molecule has 0 aliphatic heterocycles.